The number of phenols is 1. The van der Waals surface area contributed by atoms with Crippen LogP contribution in [0.1, 0.15) is 52.2 Å². The fraction of sp³-hybridized carbons (Fsp3) is 0.348. The third kappa shape index (κ3) is 6.75. The molecule has 26 heavy (non-hydrogen) atoms. The zero-order chi connectivity index (χ0) is 19.9. The minimum absolute atomic E-state index is 0.0502. The first-order chi connectivity index (χ1) is 12.0. The summed E-state index contributed by atoms with van der Waals surface area (Å²) in [5.41, 5.74) is 5.25. The first kappa shape index (κ1) is 21.5. The fourth-order valence-electron chi connectivity index (χ4n) is 2.13. The smallest absolute Gasteiger partial charge is 0.116 e. The Labute approximate surface area is 158 Å². The summed E-state index contributed by atoms with van der Waals surface area (Å²) in [5.74, 6) is 0.204. The van der Waals surface area contributed by atoms with Gasteiger partial charge in [0.2, 0.25) is 0 Å². The van der Waals surface area contributed by atoms with Crippen molar-refractivity contribution in [3.05, 3.63) is 66.4 Å². The largest absolute Gasteiger partial charge is 0.508 e. The normalized spacial score (nSPS) is 12.3. The van der Waals surface area contributed by atoms with Crippen LogP contribution in [0.25, 0.3) is 11.3 Å². The molecule has 0 amide bonds. The Hall–Kier alpha value is -2.55. The molecule has 3 heteroatoms. The van der Waals surface area contributed by atoms with Gasteiger partial charge in [-0.05, 0) is 42.7 Å². The van der Waals surface area contributed by atoms with Crippen molar-refractivity contribution in [2.45, 2.75) is 41.0 Å². The number of nitrogens with one attached hydrogen (secondary N) is 1. The molecule has 0 aliphatic heterocycles. The molecule has 0 saturated carbocycles. The third-order valence-electron chi connectivity index (χ3n) is 3.98. The molecule has 0 bridgehead atoms. The predicted molar refractivity (Wildman–Crippen MR) is 115 cm³/mol. The van der Waals surface area contributed by atoms with Gasteiger partial charge in [-0.1, -0.05) is 59.1 Å². The van der Waals surface area contributed by atoms with Gasteiger partial charge < -0.3 is 10.4 Å². The molecule has 0 saturated heterocycles. The number of benzene rings is 1. The van der Waals surface area contributed by atoms with E-state index in [-0.39, 0.29) is 11.2 Å². The molecule has 0 atom stereocenters. The van der Waals surface area contributed by atoms with Crippen molar-refractivity contribution in [1.29, 1.82) is 0 Å². The molecule has 3 nitrogen and oxygen atoms in total. The summed E-state index contributed by atoms with van der Waals surface area (Å²) in [6, 6.07) is 5.36. The average molecular weight is 353 g/mol. The van der Waals surface area contributed by atoms with Crippen LogP contribution in [0.3, 0.4) is 0 Å². The zero-order valence-electron chi connectivity index (χ0n) is 16.8. The Balaban J connectivity index is 2.86. The lowest BCUT2D eigenvalue weighted by atomic mass is 9.93. The zero-order valence-corrected chi connectivity index (χ0v) is 16.8. The number of aliphatic imine (C=N–C) groups is 1. The minimum Gasteiger partial charge on any atom is -0.508 e. The molecule has 1 rings (SSSR count). The van der Waals surface area contributed by atoms with Gasteiger partial charge in [0, 0.05) is 35.1 Å². The fourth-order valence-corrected chi connectivity index (χ4v) is 2.13. The van der Waals surface area contributed by atoms with Crippen molar-refractivity contribution < 1.29 is 5.11 Å². The van der Waals surface area contributed by atoms with Gasteiger partial charge in [0.25, 0.3) is 0 Å². The number of nitrogens with zero attached hydrogens (tertiary/aromatic N) is 1. The van der Waals surface area contributed by atoms with Crippen molar-refractivity contribution in [2.24, 2.45) is 10.4 Å². The Bertz CT molecular complexity index is 746. The molecule has 1 aromatic rings. The van der Waals surface area contributed by atoms with Gasteiger partial charge in [0.1, 0.15) is 5.75 Å². The maximum atomic E-state index is 9.92. The third-order valence-corrected chi connectivity index (χ3v) is 3.98. The standard InChI is InChI=1S/C23H32N2O/c1-9-10-19(15-25-18(5)23(6,7)8)14-24-17(4)21-11-20(16(2)3)12-22(26)13-21/h10-13,15,24,26H,2,4-5,9,14H2,1,3,6-8H3/b19-10-,25-15?. The van der Waals surface area contributed by atoms with E-state index in [1.807, 2.05) is 19.2 Å². The van der Waals surface area contributed by atoms with Crippen LogP contribution in [0, 0.1) is 5.41 Å². The quantitative estimate of drug-likeness (QED) is 0.568. The second-order valence-electron chi connectivity index (χ2n) is 7.52. The van der Waals surface area contributed by atoms with E-state index in [4.69, 9.17) is 0 Å². The Morgan fingerprint density at radius 3 is 2.31 bits per heavy atom. The molecule has 0 radical (unpaired) electrons. The van der Waals surface area contributed by atoms with E-state index in [0.717, 1.165) is 40.1 Å². The average Bonchev–Trinajstić information content (AvgIpc) is 2.55. The number of allylic oxidation sites excluding steroid dienone is 3. The highest BCUT2D eigenvalue weighted by Crippen LogP contribution is 2.25. The summed E-state index contributed by atoms with van der Waals surface area (Å²) in [6.07, 6.45) is 4.91. The van der Waals surface area contributed by atoms with E-state index in [9.17, 15) is 5.11 Å². The molecule has 0 spiro atoms. The summed E-state index contributed by atoms with van der Waals surface area (Å²) in [6.45, 7) is 23.0. The number of hydrogen-bond acceptors (Lipinski definition) is 3. The molecule has 1 aromatic carbocycles. The molecule has 0 aliphatic carbocycles. The van der Waals surface area contributed by atoms with Crippen LogP contribution in [0.15, 0.2) is 60.3 Å². The summed E-state index contributed by atoms with van der Waals surface area (Å²) in [5, 5.41) is 13.2. The molecule has 0 heterocycles. The number of aromatic hydroxyl groups is 1. The van der Waals surface area contributed by atoms with E-state index in [1.165, 1.54) is 0 Å². The summed E-state index contributed by atoms with van der Waals surface area (Å²) in [4.78, 5) is 4.51. The van der Waals surface area contributed by atoms with E-state index in [0.29, 0.717) is 6.54 Å². The molecular formula is C23H32N2O. The second-order valence-corrected chi connectivity index (χ2v) is 7.52. The van der Waals surface area contributed by atoms with Crippen LogP contribution in [0.4, 0.5) is 0 Å². The highest BCUT2D eigenvalue weighted by molar-refractivity contribution is 5.80. The topological polar surface area (TPSA) is 44.6 Å². The molecule has 140 valence electrons. The van der Waals surface area contributed by atoms with Crippen LogP contribution >= 0.6 is 0 Å². The van der Waals surface area contributed by atoms with Gasteiger partial charge in [-0.2, -0.15) is 0 Å². The minimum atomic E-state index is -0.0502. The van der Waals surface area contributed by atoms with E-state index in [2.05, 4.69) is 63.8 Å². The van der Waals surface area contributed by atoms with Gasteiger partial charge in [0.05, 0.1) is 0 Å². The molecule has 0 aromatic heterocycles. The number of hydrogen-bond donors (Lipinski definition) is 2. The molecule has 2 N–H and O–H groups in total. The van der Waals surface area contributed by atoms with Crippen molar-refractivity contribution in [2.75, 3.05) is 6.54 Å². The summed E-state index contributed by atoms with van der Waals surface area (Å²) >= 11 is 0. The van der Waals surface area contributed by atoms with Crippen molar-refractivity contribution >= 4 is 17.5 Å². The van der Waals surface area contributed by atoms with Gasteiger partial charge >= 0.3 is 0 Å². The van der Waals surface area contributed by atoms with Crippen molar-refractivity contribution in [1.82, 2.24) is 5.32 Å². The maximum Gasteiger partial charge on any atom is 0.116 e. The van der Waals surface area contributed by atoms with Crippen LogP contribution in [-0.4, -0.2) is 17.9 Å². The van der Waals surface area contributed by atoms with Gasteiger partial charge in [-0.15, -0.1) is 0 Å². The number of rotatable bonds is 8. The number of phenolic OH excluding ortho intramolecular Hbond substituents is 1. The van der Waals surface area contributed by atoms with Crippen molar-refractivity contribution in [3.63, 3.8) is 0 Å². The molecule has 0 unspecified atom stereocenters. The summed E-state index contributed by atoms with van der Waals surface area (Å²) < 4.78 is 0. The molecule has 0 aliphatic rings. The van der Waals surface area contributed by atoms with Crippen LogP contribution < -0.4 is 5.32 Å². The van der Waals surface area contributed by atoms with E-state index < -0.39 is 0 Å². The molecular weight excluding hydrogens is 320 g/mol. The van der Waals surface area contributed by atoms with Crippen LogP contribution in [0.5, 0.6) is 5.75 Å². The highest BCUT2D eigenvalue weighted by Gasteiger charge is 2.13. The monoisotopic (exact) mass is 352 g/mol. The first-order valence-electron chi connectivity index (χ1n) is 8.90. The Morgan fingerprint density at radius 2 is 1.77 bits per heavy atom. The lowest BCUT2D eigenvalue weighted by molar-refractivity contribution is 0.475. The Morgan fingerprint density at radius 1 is 1.15 bits per heavy atom. The lowest BCUT2D eigenvalue weighted by Gasteiger charge is -2.18. The van der Waals surface area contributed by atoms with Crippen LogP contribution in [-0.2, 0) is 0 Å². The lowest BCUT2D eigenvalue weighted by Crippen LogP contribution is -2.16. The second kappa shape index (κ2) is 9.23. The van der Waals surface area contributed by atoms with Gasteiger partial charge in [-0.3, -0.25) is 4.99 Å². The van der Waals surface area contributed by atoms with E-state index >= 15 is 0 Å². The highest BCUT2D eigenvalue weighted by atomic mass is 16.3. The first-order valence-corrected chi connectivity index (χ1v) is 8.90. The molecule has 0 fully saturated rings. The SMILES string of the molecule is C=C(C)c1cc(O)cc(C(=C)NC/C(C=NC(=C)C(C)(C)C)=C/CC)c1. The maximum absolute atomic E-state index is 9.92. The van der Waals surface area contributed by atoms with Crippen molar-refractivity contribution in [3.8, 4) is 5.75 Å². The Kier molecular flexibility index (Phi) is 7.63. The van der Waals surface area contributed by atoms with Gasteiger partial charge in [0.15, 0.2) is 0 Å². The van der Waals surface area contributed by atoms with Crippen LogP contribution in [0.2, 0.25) is 0 Å². The predicted octanol–water partition coefficient (Wildman–Crippen LogP) is 5.95. The van der Waals surface area contributed by atoms with E-state index in [1.54, 1.807) is 12.1 Å². The summed E-state index contributed by atoms with van der Waals surface area (Å²) in [7, 11) is 0. The van der Waals surface area contributed by atoms with Gasteiger partial charge in [-0.25, -0.2) is 0 Å².